The van der Waals surface area contributed by atoms with E-state index >= 15 is 0 Å². The van der Waals surface area contributed by atoms with E-state index < -0.39 is 12.7 Å². The summed E-state index contributed by atoms with van der Waals surface area (Å²) in [6.45, 7) is 5.67. The zero-order valence-corrected chi connectivity index (χ0v) is 18.7. The molecule has 0 unspecified atom stereocenters. The van der Waals surface area contributed by atoms with Gasteiger partial charge in [0.15, 0.2) is 11.5 Å². The monoisotopic (exact) mass is 447 g/mol. The summed E-state index contributed by atoms with van der Waals surface area (Å²) in [7, 11) is 1.47. The third-order valence-corrected chi connectivity index (χ3v) is 4.70. The highest BCUT2D eigenvalue weighted by molar-refractivity contribution is 6.32. The number of aromatic nitrogens is 3. The SMILES string of the molecule is COc1cc(-c2noc(-c3cc(C)nc(CC(C)C)c3)n2)cc(Cl)c1OC[C@@H](O)CO. The van der Waals surface area contributed by atoms with Crippen molar-refractivity contribution in [1.82, 2.24) is 15.1 Å². The molecule has 0 aliphatic carbocycles. The Morgan fingerprint density at radius 2 is 1.90 bits per heavy atom. The van der Waals surface area contributed by atoms with Crippen molar-refractivity contribution in [2.45, 2.75) is 33.3 Å². The maximum atomic E-state index is 9.51. The average Bonchev–Trinajstić information content (AvgIpc) is 3.21. The predicted molar refractivity (Wildman–Crippen MR) is 116 cm³/mol. The molecular weight excluding hydrogens is 422 g/mol. The Kier molecular flexibility index (Phi) is 7.48. The highest BCUT2D eigenvalue weighted by Crippen LogP contribution is 2.39. The summed E-state index contributed by atoms with van der Waals surface area (Å²) < 4.78 is 16.4. The van der Waals surface area contributed by atoms with Gasteiger partial charge in [0.1, 0.15) is 12.7 Å². The standard InChI is InChI=1S/C22H26ClN3O5/c1-12(2)5-16-7-15(6-13(3)24-16)22-25-21(26-31-22)14-8-18(23)20(19(9-14)29-4)30-11-17(28)10-27/h6-9,12,17,27-28H,5,10-11H2,1-4H3/t17-/m0/s1. The smallest absolute Gasteiger partial charge is 0.258 e. The van der Waals surface area contributed by atoms with Gasteiger partial charge in [-0.25, -0.2) is 0 Å². The molecule has 0 aliphatic heterocycles. The molecule has 0 radical (unpaired) electrons. The number of hydrogen-bond acceptors (Lipinski definition) is 8. The fourth-order valence-electron chi connectivity index (χ4n) is 3.06. The lowest BCUT2D eigenvalue weighted by Crippen LogP contribution is -2.21. The van der Waals surface area contributed by atoms with Gasteiger partial charge in [0.25, 0.3) is 5.89 Å². The number of benzene rings is 1. The third-order valence-electron chi connectivity index (χ3n) is 4.42. The Morgan fingerprint density at radius 1 is 1.13 bits per heavy atom. The Bertz CT molecular complexity index is 1040. The number of halogens is 1. The number of aliphatic hydroxyl groups excluding tert-OH is 2. The molecule has 3 rings (SSSR count). The molecule has 0 saturated carbocycles. The van der Waals surface area contributed by atoms with Crippen LogP contribution in [0.3, 0.4) is 0 Å². The van der Waals surface area contributed by atoms with Crippen LogP contribution in [0.25, 0.3) is 22.8 Å². The van der Waals surface area contributed by atoms with Gasteiger partial charge in [-0.05, 0) is 43.5 Å². The van der Waals surface area contributed by atoms with E-state index in [-0.39, 0.29) is 17.4 Å². The first-order valence-corrected chi connectivity index (χ1v) is 10.3. The molecule has 0 aliphatic rings. The van der Waals surface area contributed by atoms with Gasteiger partial charge >= 0.3 is 0 Å². The predicted octanol–water partition coefficient (Wildman–Crippen LogP) is 3.70. The number of methoxy groups -OCH3 is 1. The van der Waals surface area contributed by atoms with E-state index in [4.69, 9.17) is 30.7 Å². The number of ether oxygens (including phenoxy) is 2. The highest BCUT2D eigenvalue weighted by atomic mass is 35.5. The van der Waals surface area contributed by atoms with Gasteiger partial charge in [0.2, 0.25) is 5.82 Å². The van der Waals surface area contributed by atoms with Crippen LogP contribution in [-0.4, -0.2) is 51.8 Å². The van der Waals surface area contributed by atoms with Crippen molar-refractivity contribution in [1.29, 1.82) is 0 Å². The molecule has 8 nitrogen and oxygen atoms in total. The number of rotatable bonds is 9. The van der Waals surface area contributed by atoms with Crippen LogP contribution in [-0.2, 0) is 6.42 Å². The number of aliphatic hydroxyl groups is 2. The van der Waals surface area contributed by atoms with E-state index in [1.165, 1.54) is 7.11 Å². The average molecular weight is 448 g/mol. The van der Waals surface area contributed by atoms with Crippen molar-refractivity contribution in [3.63, 3.8) is 0 Å². The van der Waals surface area contributed by atoms with E-state index in [1.54, 1.807) is 12.1 Å². The molecule has 0 bridgehead atoms. The quantitative estimate of drug-likeness (QED) is 0.510. The minimum atomic E-state index is -1.02. The molecule has 1 atom stereocenters. The van der Waals surface area contributed by atoms with Crippen molar-refractivity contribution in [3.8, 4) is 34.3 Å². The number of aryl methyl sites for hydroxylation is 1. The molecule has 166 valence electrons. The fraction of sp³-hybridized carbons (Fsp3) is 0.409. The topological polar surface area (TPSA) is 111 Å². The Labute approximate surface area is 185 Å². The Hall–Kier alpha value is -2.68. The lowest BCUT2D eigenvalue weighted by Gasteiger charge is -2.15. The molecule has 0 saturated heterocycles. The molecule has 2 N–H and O–H groups in total. The molecule has 0 fully saturated rings. The van der Waals surface area contributed by atoms with E-state index in [1.807, 2.05) is 19.1 Å². The Balaban J connectivity index is 1.90. The lowest BCUT2D eigenvalue weighted by molar-refractivity contribution is 0.0528. The van der Waals surface area contributed by atoms with Crippen molar-refractivity contribution in [2.24, 2.45) is 5.92 Å². The molecule has 3 aromatic rings. The summed E-state index contributed by atoms with van der Waals surface area (Å²) in [5.74, 6) is 1.81. The van der Waals surface area contributed by atoms with Gasteiger partial charge in [-0.1, -0.05) is 30.6 Å². The van der Waals surface area contributed by atoms with E-state index in [9.17, 15) is 5.11 Å². The first kappa shape index (κ1) is 23.0. The van der Waals surface area contributed by atoms with Gasteiger partial charge in [-0.3, -0.25) is 4.98 Å². The number of hydrogen-bond donors (Lipinski definition) is 2. The molecule has 2 aromatic heterocycles. The van der Waals surface area contributed by atoms with Gasteiger partial charge in [-0.15, -0.1) is 0 Å². The first-order valence-electron chi connectivity index (χ1n) is 9.92. The third kappa shape index (κ3) is 5.72. The minimum absolute atomic E-state index is 0.127. The largest absolute Gasteiger partial charge is 0.493 e. The van der Waals surface area contributed by atoms with Crippen LogP contribution in [0.5, 0.6) is 11.5 Å². The lowest BCUT2D eigenvalue weighted by atomic mass is 10.1. The second-order valence-corrected chi connectivity index (χ2v) is 8.05. The van der Waals surface area contributed by atoms with Crippen molar-refractivity contribution in [2.75, 3.05) is 20.3 Å². The summed E-state index contributed by atoms with van der Waals surface area (Å²) in [4.78, 5) is 9.09. The van der Waals surface area contributed by atoms with Crippen LogP contribution in [0.4, 0.5) is 0 Å². The van der Waals surface area contributed by atoms with Crippen molar-refractivity contribution in [3.05, 3.63) is 40.7 Å². The first-order chi connectivity index (χ1) is 14.8. The molecule has 2 heterocycles. The second-order valence-electron chi connectivity index (χ2n) is 7.65. The molecule has 9 heteroatoms. The number of pyridine rings is 1. The summed E-state index contributed by atoms with van der Waals surface area (Å²) in [6, 6.07) is 7.16. The van der Waals surface area contributed by atoms with Crippen molar-refractivity contribution >= 4 is 11.6 Å². The zero-order chi connectivity index (χ0) is 22.5. The highest BCUT2D eigenvalue weighted by Gasteiger charge is 2.18. The van der Waals surface area contributed by atoms with Crippen LogP contribution in [0.1, 0.15) is 25.2 Å². The number of nitrogens with zero attached hydrogens (tertiary/aromatic N) is 3. The minimum Gasteiger partial charge on any atom is -0.493 e. The normalized spacial score (nSPS) is 12.3. The van der Waals surface area contributed by atoms with Crippen molar-refractivity contribution < 1.29 is 24.2 Å². The summed E-state index contributed by atoms with van der Waals surface area (Å²) in [6.07, 6.45) is -0.167. The fourth-order valence-corrected chi connectivity index (χ4v) is 3.33. The maximum Gasteiger partial charge on any atom is 0.258 e. The van der Waals surface area contributed by atoms with E-state index in [0.717, 1.165) is 23.4 Å². The van der Waals surface area contributed by atoms with Gasteiger partial charge in [0.05, 0.1) is 18.7 Å². The van der Waals surface area contributed by atoms with Crippen LogP contribution in [0.15, 0.2) is 28.8 Å². The zero-order valence-electron chi connectivity index (χ0n) is 17.9. The van der Waals surface area contributed by atoms with Gasteiger partial charge < -0.3 is 24.2 Å². The van der Waals surface area contributed by atoms with Crippen LogP contribution < -0.4 is 9.47 Å². The molecule has 0 spiro atoms. The van der Waals surface area contributed by atoms with Crippen LogP contribution in [0.2, 0.25) is 5.02 Å². The Morgan fingerprint density at radius 3 is 2.58 bits per heavy atom. The summed E-state index contributed by atoms with van der Waals surface area (Å²) >= 11 is 6.36. The molecule has 0 amide bonds. The maximum absolute atomic E-state index is 9.51. The second kappa shape index (κ2) is 10.1. The van der Waals surface area contributed by atoms with Crippen LogP contribution in [0, 0.1) is 12.8 Å². The summed E-state index contributed by atoms with van der Waals surface area (Å²) in [5.41, 5.74) is 3.24. The van der Waals surface area contributed by atoms with E-state index in [0.29, 0.717) is 28.9 Å². The van der Waals surface area contributed by atoms with Crippen LogP contribution >= 0.6 is 11.6 Å². The molecular formula is C22H26ClN3O5. The van der Waals surface area contributed by atoms with Gasteiger partial charge in [0, 0.05) is 22.5 Å². The molecule has 1 aromatic carbocycles. The molecule has 31 heavy (non-hydrogen) atoms. The van der Waals surface area contributed by atoms with Gasteiger partial charge in [-0.2, -0.15) is 4.98 Å². The van der Waals surface area contributed by atoms with E-state index in [2.05, 4.69) is 29.0 Å². The summed E-state index contributed by atoms with van der Waals surface area (Å²) in [5, 5.41) is 22.8.